The molecule has 1 N–H and O–H groups in total. The molecule has 1 aliphatic rings. The molecule has 138 valence electrons. The standard InChI is InChI=1S/C19H17N3O2S3/c1-10-4-5-12-14(7-10)27-18-15(12)16(23)21-19(22-18)26-9-11-8-24-17(20-11)13-3-2-6-25-13/h2-3,6,8,10H,4-5,7,9H2,1H3,(H,21,22,23)/t10-/m1/s1. The summed E-state index contributed by atoms with van der Waals surface area (Å²) in [6.07, 6.45) is 4.86. The fourth-order valence-electron chi connectivity index (χ4n) is 3.43. The first-order valence-electron chi connectivity index (χ1n) is 8.83. The third-order valence-corrected chi connectivity index (χ3v) is 7.70. The summed E-state index contributed by atoms with van der Waals surface area (Å²) < 4.78 is 5.55. The Balaban J connectivity index is 1.39. The quantitative estimate of drug-likeness (QED) is 0.370. The summed E-state index contributed by atoms with van der Waals surface area (Å²) in [5.41, 5.74) is 2.04. The van der Waals surface area contributed by atoms with Crippen LogP contribution in [-0.4, -0.2) is 15.0 Å². The molecule has 4 aromatic rings. The van der Waals surface area contributed by atoms with Gasteiger partial charge in [-0.25, -0.2) is 9.97 Å². The third kappa shape index (κ3) is 3.26. The van der Waals surface area contributed by atoms with Crippen LogP contribution in [0.5, 0.6) is 0 Å². The highest BCUT2D eigenvalue weighted by atomic mass is 32.2. The first-order chi connectivity index (χ1) is 13.2. The van der Waals surface area contributed by atoms with Crippen LogP contribution in [0.25, 0.3) is 21.0 Å². The van der Waals surface area contributed by atoms with Crippen LogP contribution in [-0.2, 0) is 18.6 Å². The molecule has 5 nitrogen and oxygen atoms in total. The molecule has 8 heteroatoms. The first-order valence-corrected chi connectivity index (χ1v) is 11.5. The lowest BCUT2D eigenvalue weighted by molar-refractivity contribution is 0.509. The van der Waals surface area contributed by atoms with Crippen molar-refractivity contribution in [3.63, 3.8) is 0 Å². The maximum atomic E-state index is 12.7. The van der Waals surface area contributed by atoms with Gasteiger partial charge >= 0.3 is 0 Å². The van der Waals surface area contributed by atoms with Gasteiger partial charge in [-0.3, -0.25) is 4.79 Å². The van der Waals surface area contributed by atoms with Gasteiger partial charge < -0.3 is 9.40 Å². The van der Waals surface area contributed by atoms with Crippen LogP contribution in [0.1, 0.15) is 29.5 Å². The Labute approximate surface area is 167 Å². The van der Waals surface area contributed by atoms with E-state index >= 15 is 0 Å². The van der Waals surface area contributed by atoms with Crippen molar-refractivity contribution in [2.45, 2.75) is 37.1 Å². The lowest BCUT2D eigenvalue weighted by atomic mass is 9.89. The van der Waals surface area contributed by atoms with Crippen molar-refractivity contribution in [3.8, 4) is 10.8 Å². The van der Waals surface area contributed by atoms with Gasteiger partial charge in [0.05, 0.1) is 16.0 Å². The third-order valence-electron chi connectivity index (χ3n) is 4.78. The second-order valence-electron chi connectivity index (χ2n) is 6.81. The minimum atomic E-state index is -0.0195. The molecular formula is C19H17N3O2S3. The van der Waals surface area contributed by atoms with Crippen LogP contribution in [0, 0.1) is 5.92 Å². The maximum Gasteiger partial charge on any atom is 0.260 e. The molecule has 5 rings (SSSR count). The molecule has 0 fully saturated rings. The summed E-state index contributed by atoms with van der Waals surface area (Å²) in [6.45, 7) is 2.27. The second-order valence-corrected chi connectivity index (χ2v) is 9.81. The highest BCUT2D eigenvalue weighted by Gasteiger charge is 2.23. The molecule has 0 bridgehead atoms. The first kappa shape index (κ1) is 17.2. The number of oxazole rings is 1. The molecule has 0 saturated heterocycles. The van der Waals surface area contributed by atoms with E-state index in [-0.39, 0.29) is 5.56 Å². The van der Waals surface area contributed by atoms with Crippen molar-refractivity contribution in [2.24, 2.45) is 5.92 Å². The minimum absolute atomic E-state index is 0.0195. The van der Waals surface area contributed by atoms with E-state index < -0.39 is 0 Å². The Morgan fingerprint density at radius 3 is 3.19 bits per heavy atom. The molecule has 4 aromatic heterocycles. The predicted molar refractivity (Wildman–Crippen MR) is 111 cm³/mol. The van der Waals surface area contributed by atoms with E-state index in [1.165, 1.54) is 22.2 Å². The minimum Gasteiger partial charge on any atom is -0.444 e. The fraction of sp³-hybridized carbons (Fsp3) is 0.316. The molecule has 4 heterocycles. The van der Waals surface area contributed by atoms with Gasteiger partial charge in [-0.2, -0.15) is 0 Å². The molecule has 0 aliphatic heterocycles. The van der Waals surface area contributed by atoms with E-state index in [1.807, 2.05) is 17.5 Å². The van der Waals surface area contributed by atoms with E-state index in [0.717, 1.165) is 40.1 Å². The maximum absolute atomic E-state index is 12.7. The summed E-state index contributed by atoms with van der Waals surface area (Å²) in [4.78, 5) is 28.0. The second kappa shape index (κ2) is 6.92. The molecule has 0 spiro atoms. The highest BCUT2D eigenvalue weighted by Crippen LogP contribution is 2.36. The SMILES string of the molecule is C[C@@H]1CCc2c(sc3nc(SCc4coc(-c5cccs5)n4)[nH]c(=O)c23)C1. The zero-order chi connectivity index (χ0) is 18.4. The van der Waals surface area contributed by atoms with Gasteiger partial charge in [0.2, 0.25) is 5.89 Å². The van der Waals surface area contributed by atoms with Gasteiger partial charge in [-0.15, -0.1) is 22.7 Å². The van der Waals surface area contributed by atoms with Gasteiger partial charge in [0, 0.05) is 10.6 Å². The summed E-state index contributed by atoms with van der Waals surface area (Å²) in [5.74, 6) is 1.92. The van der Waals surface area contributed by atoms with Crippen LogP contribution in [0.2, 0.25) is 0 Å². The number of hydrogen-bond acceptors (Lipinski definition) is 7. The van der Waals surface area contributed by atoms with Crippen LogP contribution in [0.4, 0.5) is 0 Å². The number of aromatic amines is 1. The van der Waals surface area contributed by atoms with Gasteiger partial charge in [0.25, 0.3) is 5.56 Å². The normalized spacial score (nSPS) is 16.7. The number of fused-ring (bicyclic) bond motifs is 3. The number of thiophene rings is 2. The zero-order valence-corrected chi connectivity index (χ0v) is 17.1. The van der Waals surface area contributed by atoms with Crippen LogP contribution >= 0.6 is 34.4 Å². The van der Waals surface area contributed by atoms with E-state index in [0.29, 0.717) is 22.7 Å². The molecule has 0 aromatic carbocycles. The summed E-state index contributed by atoms with van der Waals surface area (Å²) in [7, 11) is 0. The molecule has 27 heavy (non-hydrogen) atoms. The predicted octanol–water partition coefficient (Wildman–Crippen LogP) is 5.12. The molecule has 0 saturated carbocycles. The van der Waals surface area contributed by atoms with Crippen LogP contribution in [0.15, 0.2) is 38.1 Å². The van der Waals surface area contributed by atoms with E-state index in [1.54, 1.807) is 28.9 Å². The number of nitrogens with one attached hydrogen (secondary N) is 1. The van der Waals surface area contributed by atoms with Crippen LogP contribution in [0.3, 0.4) is 0 Å². The number of hydrogen-bond donors (Lipinski definition) is 1. The van der Waals surface area contributed by atoms with Crippen LogP contribution < -0.4 is 5.56 Å². The Morgan fingerprint density at radius 2 is 2.33 bits per heavy atom. The monoisotopic (exact) mass is 415 g/mol. The Kier molecular flexibility index (Phi) is 4.41. The molecule has 1 aliphatic carbocycles. The lowest BCUT2D eigenvalue weighted by Gasteiger charge is -2.17. The highest BCUT2D eigenvalue weighted by molar-refractivity contribution is 7.98. The Hall–Kier alpha value is -1.90. The van der Waals surface area contributed by atoms with Crippen molar-refractivity contribution in [3.05, 3.63) is 50.3 Å². The van der Waals surface area contributed by atoms with Gasteiger partial charge in [0.15, 0.2) is 5.16 Å². The summed E-state index contributed by atoms with van der Waals surface area (Å²) in [5, 5.41) is 3.44. The Bertz CT molecular complexity index is 1160. The largest absolute Gasteiger partial charge is 0.444 e. The molecule has 0 unspecified atom stereocenters. The van der Waals surface area contributed by atoms with E-state index in [4.69, 9.17) is 9.40 Å². The number of aryl methyl sites for hydroxylation is 1. The molecule has 0 radical (unpaired) electrons. The molecular weight excluding hydrogens is 398 g/mol. The summed E-state index contributed by atoms with van der Waals surface area (Å²) >= 11 is 4.76. The average Bonchev–Trinajstić information content (AvgIpc) is 3.38. The molecule has 1 atom stereocenters. The average molecular weight is 416 g/mol. The van der Waals surface area contributed by atoms with Crippen molar-refractivity contribution < 1.29 is 4.42 Å². The smallest absolute Gasteiger partial charge is 0.260 e. The van der Waals surface area contributed by atoms with Gasteiger partial charge in [-0.1, -0.05) is 24.8 Å². The van der Waals surface area contributed by atoms with Crippen molar-refractivity contribution in [2.75, 3.05) is 0 Å². The van der Waals surface area contributed by atoms with Crippen molar-refractivity contribution in [1.29, 1.82) is 0 Å². The van der Waals surface area contributed by atoms with Gasteiger partial charge in [-0.05, 0) is 42.2 Å². The Morgan fingerprint density at radius 1 is 1.41 bits per heavy atom. The van der Waals surface area contributed by atoms with Crippen molar-refractivity contribution >= 4 is 44.7 Å². The molecule has 0 amide bonds. The zero-order valence-electron chi connectivity index (χ0n) is 14.7. The topological polar surface area (TPSA) is 71.8 Å². The number of aromatic nitrogens is 3. The fourth-order valence-corrected chi connectivity index (χ4v) is 6.26. The van der Waals surface area contributed by atoms with E-state index in [9.17, 15) is 4.79 Å². The number of rotatable bonds is 4. The van der Waals surface area contributed by atoms with Crippen molar-refractivity contribution in [1.82, 2.24) is 15.0 Å². The number of H-pyrrole nitrogens is 1. The number of nitrogens with zero attached hydrogens (tertiary/aromatic N) is 2. The van der Waals surface area contributed by atoms with E-state index in [2.05, 4.69) is 16.9 Å². The van der Waals surface area contributed by atoms with Gasteiger partial charge in [0.1, 0.15) is 11.1 Å². The number of thioether (sulfide) groups is 1. The summed E-state index contributed by atoms with van der Waals surface area (Å²) in [6, 6.07) is 3.96. The lowest BCUT2D eigenvalue weighted by Crippen LogP contribution is -2.13.